The van der Waals surface area contributed by atoms with Crippen LogP contribution < -0.4 is 15.5 Å². The summed E-state index contributed by atoms with van der Waals surface area (Å²) in [5, 5.41) is 20.9. The van der Waals surface area contributed by atoms with Crippen LogP contribution in [-0.4, -0.2) is 41.7 Å². The van der Waals surface area contributed by atoms with E-state index in [0.29, 0.717) is 13.0 Å². The summed E-state index contributed by atoms with van der Waals surface area (Å²) in [5.41, 5.74) is 7.59. The fraction of sp³-hybridized carbons (Fsp3) is 0.333. The molecule has 8 heteroatoms. The Bertz CT molecular complexity index is 878. The number of nitrogens with one attached hydrogen (secondary N) is 3. The minimum atomic E-state index is -1.08. The Morgan fingerprint density at radius 1 is 1.31 bits per heavy atom. The Balaban J connectivity index is 1.67. The van der Waals surface area contributed by atoms with Crippen LogP contribution in [0.2, 0.25) is 0 Å². The first-order chi connectivity index (χ1) is 12.6. The number of carbonyl (C=O) groups is 2. The first kappa shape index (κ1) is 17.7. The second kappa shape index (κ2) is 7.86. The molecule has 1 unspecified atom stereocenters. The molecule has 0 saturated carbocycles. The van der Waals surface area contributed by atoms with Gasteiger partial charge in [0, 0.05) is 19.4 Å². The summed E-state index contributed by atoms with van der Waals surface area (Å²) in [6, 6.07) is 11.8. The first-order valence-corrected chi connectivity index (χ1v) is 8.37. The van der Waals surface area contributed by atoms with Crippen molar-refractivity contribution in [1.82, 2.24) is 15.5 Å². The summed E-state index contributed by atoms with van der Waals surface area (Å²) in [6.45, 7) is 0.447. The third kappa shape index (κ3) is 4.11. The number of nitrogens with zero attached hydrogens (tertiary/aromatic N) is 2. The minimum Gasteiger partial charge on any atom is -0.480 e. The Labute approximate surface area is 149 Å². The molecule has 2 aromatic carbocycles. The van der Waals surface area contributed by atoms with Crippen LogP contribution in [0, 0.1) is 5.53 Å². The average Bonchev–Trinajstić information content (AvgIpc) is 3.10. The van der Waals surface area contributed by atoms with Crippen molar-refractivity contribution in [2.24, 2.45) is 5.11 Å². The SMILES string of the molecule is N=[N+]=N[C@@H]1CN[C@H](C(=O)NC(Cc2ccc3ccccc3c2)C(=O)O)C1. The summed E-state index contributed by atoms with van der Waals surface area (Å²) in [5.74, 6) is -1.45. The lowest BCUT2D eigenvalue weighted by Crippen LogP contribution is -2.49. The van der Waals surface area contributed by atoms with Gasteiger partial charge in [0.25, 0.3) is 0 Å². The van der Waals surface area contributed by atoms with E-state index < -0.39 is 18.1 Å². The number of benzene rings is 2. The van der Waals surface area contributed by atoms with Gasteiger partial charge in [-0.1, -0.05) is 42.5 Å². The minimum absolute atomic E-state index is 0.203. The number of carbonyl (C=O) groups excluding carboxylic acids is 1. The van der Waals surface area contributed by atoms with Crippen LogP contribution in [0.4, 0.5) is 0 Å². The number of aliphatic carboxylic acids is 1. The second-order valence-corrected chi connectivity index (χ2v) is 6.35. The van der Waals surface area contributed by atoms with Crippen molar-refractivity contribution < 1.29 is 14.7 Å². The van der Waals surface area contributed by atoms with Crippen molar-refractivity contribution in [2.45, 2.75) is 31.0 Å². The molecule has 0 radical (unpaired) electrons. The summed E-state index contributed by atoms with van der Waals surface area (Å²) in [4.78, 5) is 26.9. The third-order valence-corrected chi connectivity index (χ3v) is 4.51. The molecule has 134 valence electrons. The van der Waals surface area contributed by atoms with Crippen molar-refractivity contribution >= 4 is 22.6 Å². The maximum absolute atomic E-state index is 12.4. The molecule has 2 aromatic rings. The fourth-order valence-corrected chi connectivity index (χ4v) is 3.16. The molecule has 8 nitrogen and oxygen atoms in total. The second-order valence-electron chi connectivity index (χ2n) is 6.35. The molecule has 3 rings (SSSR count). The Kier molecular flexibility index (Phi) is 5.36. The van der Waals surface area contributed by atoms with E-state index in [2.05, 4.69) is 20.7 Å². The molecule has 1 aliphatic heterocycles. The highest BCUT2D eigenvalue weighted by Crippen LogP contribution is 2.17. The van der Waals surface area contributed by atoms with E-state index in [-0.39, 0.29) is 18.4 Å². The van der Waals surface area contributed by atoms with Crippen molar-refractivity contribution in [3.8, 4) is 0 Å². The molecule has 0 bridgehead atoms. The van der Waals surface area contributed by atoms with E-state index in [4.69, 9.17) is 5.53 Å². The molecular formula is C18H20N5O3+. The van der Waals surface area contributed by atoms with E-state index in [9.17, 15) is 14.7 Å². The summed E-state index contributed by atoms with van der Waals surface area (Å²) in [6.07, 6.45) is 0.602. The van der Waals surface area contributed by atoms with Crippen LogP contribution in [0.15, 0.2) is 47.6 Å². The summed E-state index contributed by atoms with van der Waals surface area (Å²) in [7, 11) is 0. The summed E-state index contributed by atoms with van der Waals surface area (Å²) >= 11 is 0. The number of carboxylic acids is 1. The Morgan fingerprint density at radius 2 is 2.08 bits per heavy atom. The molecule has 26 heavy (non-hydrogen) atoms. The van der Waals surface area contributed by atoms with E-state index in [1.54, 1.807) is 0 Å². The molecule has 1 heterocycles. The number of carboxylic acid groups (broad SMARTS) is 1. The van der Waals surface area contributed by atoms with E-state index in [0.717, 1.165) is 16.3 Å². The number of hydrogen-bond donors (Lipinski definition) is 4. The third-order valence-electron chi connectivity index (χ3n) is 4.51. The van der Waals surface area contributed by atoms with Gasteiger partial charge in [-0.15, -0.1) is 0 Å². The van der Waals surface area contributed by atoms with Gasteiger partial charge in [-0.05, 0) is 16.3 Å². The zero-order valence-electron chi connectivity index (χ0n) is 14.1. The average molecular weight is 354 g/mol. The molecule has 4 N–H and O–H groups in total. The smallest absolute Gasteiger partial charge is 0.326 e. The molecule has 3 atom stereocenters. The monoisotopic (exact) mass is 354 g/mol. The maximum atomic E-state index is 12.4. The van der Waals surface area contributed by atoms with Gasteiger partial charge in [-0.2, -0.15) is 0 Å². The maximum Gasteiger partial charge on any atom is 0.326 e. The lowest BCUT2D eigenvalue weighted by atomic mass is 10.0. The van der Waals surface area contributed by atoms with E-state index >= 15 is 0 Å². The van der Waals surface area contributed by atoms with Crippen molar-refractivity contribution in [1.29, 1.82) is 5.53 Å². The molecule has 1 saturated heterocycles. The van der Waals surface area contributed by atoms with Crippen LogP contribution in [0.5, 0.6) is 0 Å². The normalized spacial score (nSPS) is 20.3. The van der Waals surface area contributed by atoms with Crippen LogP contribution in [0.3, 0.4) is 0 Å². The predicted molar refractivity (Wildman–Crippen MR) is 94.7 cm³/mol. The van der Waals surface area contributed by atoms with Gasteiger partial charge < -0.3 is 15.7 Å². The van der Waals surface area contributed by atoms with Crippen LogP contribution in [0.1, 0.15) is 12.0 Å². The van der Waals surface area contributed by atoms with Crippen molar-refractivity contribution in [2.75, 3.05) is 6.54 Å². The molecule has 0 aliphatic carbocycles. The van der Waals surface area contributed by atoms with E-state index in [1.165, 1.54) is 0 Å². The number of hydrogen-bond acceptors (Lipinski definition) is 5. The lowest BCUT2D eigenvalue weighted by molar-refractivity contribution is -0.142. The van der Waals surface area contributed by atoms with Crippen LogP contribution >= 0.6 is 0 Å². The Hall–Kier alpha value is -3.09. The number of amides is 1. The van der Waals surface area contributed by atoms with Crippen LogP contribution in [-0.2, 0) is 16.0 Å². The van der Waals surface area contributed by atoms with Gasteiger partial charge in [0.2, 0.25) is 10.8 Å². The van der Waals surface area contributed by atoms with Gasteiger partial charge in [-0.25, -0.2) is 4.79 Å². The largest absolute Gasteiger partial charge is 0.480 e. The quantitative estimate of drug-likeness (QED) is 0.459. The summed E-state index contributed by atoms with van der Waals surface area (Å²) < 4.78 is 0. The van der Waals surface area contributed by atoms with Gasteiger partial charge in [0.1, 0.15) is 22.7 Å². The highest BCUT2D eigenvalue weighted by atomic mass is 16.4. The highest BCUT2D eigenvalue weighted by Gasteiger charge is 2.34. The van der Waals surface area contributed by atoms with Gasteiger partial charge in [-0.3, -0.25) is 4.79 Å². The molecule has 1 aliphatic rings. The molecule has 1 amide bonds. The van der Waals surface area contributed by atoms with Crippen molar-refractivity contribution in [3.63, 3.8) is 0 Å². The molecule has 1 fully saturated rings. The zero-order chi connectivity index (χ0) is 18.5. The highest BCUT2D eigenvalue weighted by molar-refractivity contribution is 5.88. The fourth-order valence-electron chi connectivity index (χ4n) is 3.16. The molecule has 0 aromatic heterocycles. The molecular weight excluding hydrogens is 334 g/mol. The van der Waals surface area contributed by atoms with Crippen LogP contribution in [0.25, 0.3) is 10.8 Å². The number of fused-ring (bicyclic) bond motifs is 1. The predicted octanol–water partition coefficient (Wildman–Crippen LogP) is 1.23. The first-order valence-electron chi connectivity index (χ1n) is 8.37. The van der Waals surface area contributed by atoms with E-state index in [1.807, 2.05) is 42.5 Å². The Morgan fingerprint density at radius 3 is 2.81 bits per heavy atom. The van der Waals surface area contributed by atoms with Gasteiger partial charge in [0.05, 0.1) is 6.04 Å². The van der Waals surface area contributed by atoms with Gasteiger partial charge >= 0.3 is 5.97 Å². The topological polar surface area (TPSA) is 129 Å². The number of rotatable bonds is 6. The standard InChI is InChI=1S/C18H19N5O3/c19-23-22-14-9-15(20-10-14)17(24)21-16(18(25)26)8-11-5-6-12-3-1-2-4-13(12)7-11/h1-7,14-16,19-20H,8-10H2,(H-,21,24,25,26)/p+1/t14-,15-,16?/m0/s1. The lowest BCUT2D eigenvalue weighted by Gasteiger charge is -2.18. The van der Waals surface area contributed by atoms with Gasteiger partial charge in [0.15, 0.2) is 0 Å². The molecule has 0 spiro atoms. The zero-order valence-corrected chi connectivity index (χ0v) is 14.1. The van der Waals surface area contributed by atoms with Crippen molar-refractivity contribution in [3.05, 3.63) is 48.0 Å².